The van der Waals surface area contributed by atoms with Gasteiger partial charge in [0, 0.05) is 18.0 Å². The number of hydrogen-bond donors (Lipinski definition) is 1. The van der Waals surface area contributed by atoms with Crippen molar-refractivity contribution in [3.63, 3.8) is 0 Å². The standard InChI is InChI=1S/C14H17N3OS/c1-10-6-4-5-7-12(10)19-9-14(18)15-13-8-11(2)16-17(13)3/h4-8H,9H2,1-3H3,(H,15,18). The highest BCUT2D eigenvalue weighted by molar-refractivity contribution is 8.00. The molecule has 19 heavy (non-hydrogen) atoms. The minimum absolute atomic E-state index is 0.0174. The van der Waals surface area contributed by atoms with Crippen LogP contribution in [0.2, 0.25) is 0 Å². The minimum Gasteiger partial charge on any atom is -0.310 e. The fraction of sp³-hybridized carbons (Fsp3) is 0.286. The summed E-state index contributed by atoms with van der Waals surface area (Å²) in [6.07, 6.45) is 0. The van der Waals surface area contributed by atoms with E-state index in [-0.39, 0.29) is 5.91 Å². The van der Waals surface area contributed by atoms with Crippen molar-refractivity contribution in [1.29, 1.82) is 0 Å². The zero-order chi connectivity index (χ0) is 13.8. The Balaban J connectivity index is 1.92. The van der Waals surface area contributed by atoms with Gasteiger partial charge in [0.25, 0.3) is 0 Å². The van der Waals surface area contributed by atoms with E-state index < -0.39 is 0 Å². The Labute approximate surface area is 117 Å². The quantitative estimate of drug-likeness (QED) is 0.873. The van der Waals surface area contributed by atoms with Gasteiger partial charge >= 0.3 is 0 Å². The molecule has 0 bridgehead atoms. The molecule has 1 N–H and O–H groups in total. The summed E-state index contributed by atoms with van der Waals surface area (Å²) in [5, 5.41) is 7.05. The van der Waals surface area contributed by atoms with Crippen LogP contribution in [0, 0.1) is 13.8 Å². The normalized spacial score (nSPS) is 10.5. The van der Waals surface area contributed by atoms with Crippen molar-refractivity contribution in [2.45, 2.75) is 18.7 Å². The molecule has 1 aromatic carbocycles. The number of thioether (sulfide) groups is 1. The molecule has 0 aliphatic carbocycles. The lowest BCUT2D eigenvalue weighted by Crippen LogP contribution is -2.16. The van der Waals surface area contributed by atoms with Crippen LogP contribution in [-0.2, 0) is 11.8 Å². The van der Waals surface area contributed by atoms with Crippen LogP contribution in [0.5, 0.6) is 0 Å². The summed E-state index contributed by atoms with van der Waals surface area (Å²) >= 11 is 1.55. The van der Waals surface area contributed by atoms with Gasteiger partial charge in [0.2, 0.25) is 5.91 Å². The van der Waals surface area contributed by atoms with E-state index in [1.54, 1.807) is 16.4 Å². The van der Waals surface area contributed by atoms with Gasteiger partial charge in [0.05, 0.1) is 11.4 Å². The monoisotopic (exact) mass is 275 g/mol. The van der Waals surface area contributed by atoms with Crippen LogP contribution >= 0.6 is 11.8 Å². The van der Waals surface area contributed by atoms with Gasteiger partial charge in [-0.1, -0.05) is 18.2 Å². The number of carbonyl (C=O) groups is 1. The molecule has 1 amide bonds. The number of rotatable bonds is 4. The van der Waals surface area contributed by atoms with Crippen molar-refractivity contribution in [3.8, 4) is 0 Å². The Morgan fingerprint density at radius 2 is 2.11 bits per heavy atom. The lowest BCUT2D eigenvalue weighted by Gasteiger charge is -2.06. The highest BCUT2D eigenvalue weighted by atomic mass is 32.2. The third kappa shape index (κ3) is 3.61. The van der Waals surface area contributed by atoms with Gasteiger partial charge in [-0.05, 0) is 25.5 Å². The molecule has 0 fully saturated rings. The van der Waals surface area contributed by atoms with Gasteiger partial charge in [-0.3, -0.25) is 9.48 Å². The summed E-state index contributed by atoms with van der Waals surface area (Å²) < 4.78 is 1.67. The zero-order valence-corrected chi connectivity index (χ0v) is 12.1. The molecule has 1 aromatic heterocycles. The average Bonchev–Trinajstić information content (AvgIpc) is 2.67. The second-order valence-electron chi connectivity index (χ2n) is 4.40. The summed E-state index contributed by atoms with van der Waals surface area (Å²) in [5.74, 6) is 1.11. The minimum atomic E-state index is -0.0174. The second kappa shape index (κ2) is 5.93. The highest BCUT2D eigenvalue weighted by Gasteiger charge is 2.08. The van der Waals surface area contributed by atoms with Crippen molar-refractivity contribution in [1.82, 2.24) is 9.78 Å². The number of nitrogens with one attached hydrogen (secondary N) is 1. The van der Waals surface area contributed by atoms with E-state index in [9.17, 15) is 4.79 Å². The number of aryl methyl sites for hydroxylation is 3. The maximum atomic E-state index is 11.9. The lowest BCUT2D eigenvalue weighted by atomic mass is 10.2. The smallest absolute Gasteiger partial charge is 0.235 e. The summed E-state index contributed by atoms with van der Waals surface area (Å²) in [7, 11) is 1.82. The molecule has 0 unspecified atom stereocenters. The fourth-order valence-corrected chi connectivity index (χ4v) is 2.60. The number of hydrogen-bond acceptors (Lipinski definition) is 3. The van der Waals surface area contributed by atoms with E-state index in [4.69, 9.17) is 0 Å². The van der Waals surface area contributed by atoms with E-state index >= 15 is 0 Å². The van der Waals surface area contributed by atoms with E-state index in [0.717, 1.165) is 16.4 Å². The summed E-state index contributed by atoms with van der Waals surface area (Å²) in [6.45, 7) is 3.95. The largest absolute Gasteiger partial charge is 0.310 e. The van der Waals surface area contributed by atoms with Gasteiger partial charge in [-0.25, -0.2) is 0 Å². The molecule has 0 aliphatic heterocycles. The zero-order valence-electron chi connectivity index (χ0n) is 11.3. The predicted octanol–water partition coefficient (Wildman–Crippen LogP) is 2.77. The maximum Gasteiger partial charge on any atom is 0.235 e. The molecule has 100 valence electrons. The molecule has 2 rings (SSSR count). The Morgan fingerprint density at radius 3 is 2.74 bits per heavy atom. The summed E-state index contributed by atoms with van der Waals surface area (Å²) in [5.41, 5.74) is 2.08. The van der Waals surface area contributed by atoms with Gasteiger partial charge in [0.1, 0.15) is 5.82 Å². The molecule has 0 saturated heterocycles. The van der Waals surface area contributed by atoms with E-state index in [2.05, 4.69) is 10.4 Å². The van der Waals surface area contributed by atoms with Crippen LogP contribution in [-0.4, -0.2) is 21.4 Å². The Hall–Kier alpha value is -1.75. The highest BCUT2D eigenvalue weighted by Crippen LogP contribution is 2.21. The first kappa shape index (κ1) is 13.7. The fourth-order valence-electron chi connectivity index (χ4n) is 1.77. The first-order chi connectivity index (χ1) is 9.06. The van der Waals surface area contributed by atoms with Crippen LogP contribution in [0.1, 0.15) is 11.3 Å². The van der Waals surface area contributed by atoms with E-state index in [1.165, 1.54) is 5.56 Å². The van der Waals surface area contributed by atoms with Crippen LogP contribution in [0.4, 0.5) is 5.82 Å². The Bertz CT molecular complexity index is 592. The third-order valence-electron chi connectivity index (χ3n) is 2.72. The first-order valence-electron chi connectivity index (χ1n) is 6.05. The molecule has 2 aromatic rings. The molecular formula is C14H17N3OS. The number of carbonyl (C=O) groups excluding carboxylic acids is 1. The molecule has 0 atom stereocenters. The molecule has 0 radical (unpaired) electrons. The number of anilines is 1. The second-order valence-corrected chi connectivity index (χ2v) is 5.41. The van der Waals surface area contributed by atoms with Crippen molar-refractivity contribution < 1.29 is 4.79 Å². The Kier molecular flexibility index (Phi) is 4.27. The Morgan fingerprint density at radius 1 is 1.37 bits per heavy atom. The number of amides is 1. The van der Waals surface area contributed by atoms with Crippen LogP contribution < -0.4 is 5.32 Å². The van der Waals surface area contributed by atoms with Gasteiger partial charge in [-0.15, -0.1) is 11.8 Å². The van der Waals surface area contributed by atoms with Gasteiger partial charge in [0.15, 0.2) is 0 Å². The van der Waals surface area contributed by atoms with E-state index in [0.29, 0.717) is 5.75 Å². The SMILES string of the molecule is Cc1cc(NC(=O)CSc2ccccc2C)n(C)n1. The number of benzene rings is 1. The van der Waals surface area contributed by atoms with E-state index in [1.807, 2.05) is 51.2 Å². The third-order valence-corrected chi connectivity index (χ3v) is 3.90. The predicted molar refractivity (Wildman–Crippen MR) is 78.5 cm³/mol. The van der Waals surface area contributed by atoms with Gasteiger partial charge in [-0.2, -0.15) is 5.10 Å². The number of nitrogens with zero attached hydrogens (tertiary/aromatic N) is 2. The number of aromatic nitrogens is 2. The molecule has 5 heteroatoms. The van der Waals surface area contributed by atoms with Crippen molar-refractivity contribution in [2.24, 2.45) is 7.05 Å². The van der Waals surface area contributed by atoms with Crippen LogP contribution in [0.25, 0.3) is 0 Å². The topological polar surface area (TPSA) is 46.9 Å². The summed E-state index contributed by atoms with van der Waals surface area (Å²) in [4.78, 5) is 13.0. The molecular weight excluding hydrogens is 258 g/mol. The van der Waals surface area contributed by atoms with Crippen LogP contribution in [0.3, 0.4) is 0 Å². The summed E-state index contributed by atoms with van der Waals surface area (Å²) in [6, 6.07) is 9.91. The maximum absolute atomic E-state index is 11.9. The lowest BCUT2D eigenvalue weighted by molar-refractivity contribution is -0.113. The van der Waals surface area contributed by atoms with Crippen molar-refractivity contribution >= 4 is 23.5 Å². The molecule has 0 saturated carbocycles. The van der Waals surface area contributed by atoms with Crippen LogP contribution in [0.15, 0.2) is 35.2 Å². The van der Waals surface area contributed by atoms with Crippen molar-refractivity contribution in [2.75, 3.05) is 11.1 Å². The first-order valence-corrected chi connectivity index (χ1v) is 7.04. The molecule has 1 heterocycles. The van der Waals surface area contributed by atoms with Crippen molar-refractivity contribution in [3.05, 3.63) is 41.6 Å². The molecule has 4 nitrogen and oxygen atoms in total. The average molecular weight is 275 g/mol. The van der Waals surface area contributed by atoms with Gasteiger partial charge < -0.3 is 5.32 Å². The molecule has 0 spiro atoms. The molecule has 0 aliphatic rings.